The Kier molecular flexibility index (Phi) is 5.44. The van der Waals surface area contributed by atoms with Gasteiger partial charge < -0.3 is 4.74 Å². The third kappa shape index (κ3) is 4.38. The van der Waals surface area contributed by atoms with E-state index in [1.54, 1.807) is 42.7 Å². The molecule has 0 atom stereocenters. The lowest BCUT2D eigenvalue weighted by Crippen LogP contribution is -2.34. The molecule has 0 fully saturated rings. The third-order valence-electron chi connectivity index (χ3n) is 4.10. The second kappa shape index (κ2) is 8.32. The van der Waals surface area contributed by atoms with Crippen LogP contribution in [0.3, 0.4) is 0 Å². The van der Waals surface area contributed by atoms with Gasteiger partial charge in [-0.2, -0.15) is 0 Å². The summed E-state index contributed by atoms with van der Waals surface area (Å²) >= 11 is 1.04. The van der Waals surface area contributed by atoms with Gasteiger partial charge in [0.05, 0.1) is 11.2 Å². The Bertz CT molecular complexity index is 1140. The number of halogens is 2. The molecule has 0 bridgehead atoms. The highest BCUT2D eigenvalue weighted by atomic mass is 32.1. The van der Waals surface area contributed by atoms with Crippen LogP contribution in [0.15, 0.2) is 67.0 Å². The average molecular weight is 411 g/mol. The van der Waals surface area contributed by atoms with Crippen molar-refractivity contribution < 1.29 is 18.3 Å². The van der Waals surface area contributed by atoms with Crippen LogP contribution in [-0.2, 0) is 11.3 Å². The predicted octanol–water partition coefficient (Wildman–Crippen LogP) is 4.58. The minimum absolute atomic E-state index is 0.0272. The van der Waals surface area contributed by atoms with Gasteiger partial charge in [-0.15, -0.1) is 0 Å². The lowest BCUT2D eigenvalue weighted by Gasteiger charge is -2.20. The molecular formula is C21H15F2N3O2S. The number of benzene rings is 2. The van der Waals surface area contributed by atoms with E-state index in [9.17, 15) is 13.6 Å². The molecule has 4 aromatic rings. The molecule has 0 spiro atoms. The summed E-state index contributed by atoms with van der Waals surface area (Å²) < 4.78 is 33.5. The largest absolute Gasteiger partial charge is 0.484 e. The van der Waals surface area contributed by atoms with Crippen LogP contribution in [0.5, 0.6) is 5.75 Å². The number of thiazole rings is 1. The van der Waals surface area contributed by atoms with Crippen molar-refractivity contribution in [1.82, 2.24) is 9.97 Å². The summed E-state index contributed by atoms with van der Waals surface area (Å²) in [7, 11) is 0. The number of ether oxygens (including phenoxy) is 1. The maximum absolute atomic E-state index is 14.1. The van der Waals surface area contributed by atoms with Crippen LogP contribution in [0.2, 0.25) is 0 Å². The van der Waals surface area contributed by atoms with Crippen molar-refractivity contribution in [3.63, 3.8) is 0 Å². The van der Waals surface area contributed by atoms with E-state index in [2.05, 4.69) is 9.97 Å². The first-order valence-electron chi connectivity index (χ1n) is 8.73. The quantitative estimate of drug-likeness (QED) is 0.466. The van der Waals surface area contributed by atoms with Crippen LogP contribution >= 0.6 is 11.3 Å². The van der Waals surface area contributed by atoms with E-state index in [1.807, 2.05) is 12.1 Å². The molecule has 0 unspecified atom stereocenters. The van der Waals surface area contributed by atoms with Crippen LogP contribution in [0.1, 0.15) is 5.56 Å². The number of hydrogen-bond donors (Lipinski definition) is 0. The number of hydrogen-bond acceptors (Lipinski definition) is 5. The molecule has 0 aliphatic heterocycles. The highest BCUT2D eigenvalue weighted by Crippen LogP contribution is 2.32. The first kappa shape index (κ1) is 18.9. The minimum atomic E-state index is -0.767. The number of aromatic nitrogens is 2. The number of fused-ring (bicyclic) bond motifs is 1. The molecule has 0 aliphatic carbocycles. The Hall–Kier alpha value is -3.39. The Morgan fingerprint density at radius 3 is 2.69 bits per heavy atom. The smallest absolute Gasteiger partial charge is 0.267 e. The van der Waals surface area contributed by atoms with E-state index in [0.29, 0.717) is 10.4 Å². The highest BCUT2D eigenvalue weighted by Gasteiger charge is 2.22. The van der Waals surface area contributed by atoms with Crippen molar-refractivity contribution in [3.05, 3.63) is 84.2 Å². The van der Waals surface area contributed by atoms with Crippen molar-refractivity contribution >= 4 is 32.6 Å². The van der Waals surface area contributed by atoms with E-state index in [0.717, 1.165) is 23.0 Å². The zero-order valence-corrected chi connectivity index (χ0v) is 15.9. The van der Waals surface area contributed by atoms with Crippen LogP contribution in [0, 0.1) is 11.6 Å². The number of pyridine rings is 1. The van der Waals surface area contributed by atoms with Gasteiger partial charge >= 0.3 is 0 Å². The van der Waals surface area contributed by atoms with Gasteiger partial charge in [0.2, 0.25) is 0 Å². The van der Waals surface area contributed by atoms with Crippen molar-refractivity contribution in [2.75, 3.05) is 11.5 Å². The number of anilines is 1. The molecule has 8 heteroatoms. The summed E-state index contributed by atoms with van der Waals surface area (Å²) in [6, 6.07) is 14.5. The predicted molar refractivity (Wildman–Crippen MR) is 107 cm³/mol. The Morgan fingerprint density at radius 1 is 1.10 bits per heavy atom. The third-order valence-corrected chi connectivity index (χ3v) is 5.13. The molecule has 0 aliphatic rings. The first-order valence-corrected chi connectivity index (χ1v) is 9.54. The second-order valence-corrected chi connectivity index (χ2v) is 7.18. The van der Waals surface area contributed by atoms with Gasteiger partial charge in [0, 0.05) is 18.5 Å². The van der Waals surface area contributed by atoms with Crippen molar-refractivity contribution in [2.24, 2.45) is 0 Å². The maximum atomic E-state index is 14.1. The Morgan fingerprint density at radius 2 is 1.93 bits per heavy atom. The van der Waals surface area contributed by atoms with Crippen molar-refractivity contribution in [3.8, 4) is 5.75 Å². The van der Waals surface area contributed by atoms with Crippen LogP contribution < -0.4 is 9.64 Å². The highest BCUT2D eigenvalue weighted by molar-refractivity contribution is 7.22. The second-order valence-electron chi connectivity index (χ2n) is 6.17. The van der Waals surface area contributed by atoms with E-state index < -0.39 is 11.6 Å². The number of carbonyl (C=O) groups is 1. The molecule has 2 heterocycles. The van der Waals surface area contributed by atoms with Gasteiger partial charge in [0.15, 0.2) is 17.6 Å². The molecular weight excluding hydrogens is 396 g/mol. The molecule has 29 heavy (non-hydrogen) atoms. The number of carbonyl (C=O) groups excluding carboxylic acids is 1. The number of amides is 1. The fourth-order valence-corrected chi connectivity index (χ4v) is 3.76. The molecule has 0 saturated heterocycles. The molecule has 0 radical (unpaired) electrons. The first-order chi connectivity index (χ1) is 14.1. The summed E-state index contributed by atoms with van der Waals surface area (Å²) in [6.45, 7) is -0.0498. The molecule has 0 saturated carbocycles. The van der Waals surface area contributed by atoms with E-state index in [1.165, 1.54) is 11.0 Å². The Balaban J connectivity index is 1.64. The van der Waals surface area contributed by atoms with Gasteiger partial charge in [0.25, 0.3) is 5.91 Å². The minimum Gasteiger partial charge on any atom is -0.484 e. The fourth-order valence-electron chi connectivity index (χ4n) is 2.74. The SMILES string of the molecule is O=C(COc1ccccc1)N(Cc1cccnc1)c1nc2c(F)cc(F)cc2s1. The zero-order chi connectivity index (χ0) is 20.2. The normalized spacial score (nSPS) is 10.8. The fraction of sp³-hybridized carbons (Fsp3) is 0.0952. The topological polar surface area (TPSA) is 55.3 Å². The lowest BCUT2D eigenvalue weighted by molar-refractivity contribution is -0.120. The molecule has 1 amide bonds. The van der Waals surface area contributed by atoms with Crippen molar-refractivity contribution in [2.45, 2.75) is 6.54 Å². The van der Waals surface area contributed by atoms with Gasteiger partial charge in [-0.1, -0.05) is 35.6 Å². The lowest BCUT2D eigenvalue weighted by atomic mass is 10.2. The number of nitrogens with zero attached hydrogens (tertiary/aromatic N) is 3. The summed E-state index contributed by atoms with van der Waals surface area (Å²) in [5.41, 5.74) is 0.797. The van der Waals surface area contributed by atoms with Crippen molar-refractivity contribution in [1.29, 1.82) is 0 Å². The summed E-state index contributed by atoms with van der Waals surface area (Å²) in [5, 5.41) is 0.259. The maximum Gasteiger partial charge on any atom is 0.267 e. The summed E-state index contributed by atoms with van der Waals surface area (Å²) in [4.78, 5) is 22.6. The molecule has 0 N–H and O–H groups in total. The average Bonchev–Trinajstić information content (AvgIpc) is 3.16. The summed E-state index contributed by atoms with van der Waals surface area (Å²) in [5.74, 6) is -1.27. The van der Waals surface area contributed by atoms with E-state index >= 15 is 0 Å². The molecule has 146 valence electrons. The standard InChI is InChI=1S/C21H15F2N3O2S/c22-15-9-17(23)20-18(10-15)29-21(25-20)26(12-14-5-4-8-24-11-14)19(27)13-28-16-6-2-1-3-7-16/h1-11H,12-13H2. The van der Waals surface area contributed by atoms with Gasteiger partial charge in [-0.05, 0) is 29.8 Å². The van der Waals surface area contributed by atoms with Gasteiger partial charge in [-0.3, -0.25) is 14.7 Å². The Labute approximate surface area is 169 Å². The summed E-state index contributed by atoms with van der Waals surface area (Å²) in [6.07, 6.45) is 3.26. The van der Waals surface area contributed by atoms with E-state index in [4.69, 9.17) is 4.74 Å². The molecule has 5 nitrogen and oxygen atoms in total. The monoisotopic (exact) mass is 411 g/mol. The molecule has 4 rings (SSSR count). The van der Waals surface area contributed by atoms with Crippen LogP contribution in [0.4, 0.5) is 13.9 Å². The zero-order valence-electron chi connectivity index (χ0n) is 15.1. The van der Waals surface area contributed by atoms with Crippen LogP contribution in [-0.4, -0.2) is 22.5 Å². The van der Waals surface area contributed by atoms with E-state index in [-0.39, 0.29) is 29.7 Å². The molecule has 2 aromatic carbocycles. The van der Waals surface area contributed by atoms with Gasteiger partial charge in [0.1, 0.15) is 17.1 Å². The molecule has 2 aromatic heterocycles. The number of rotatable bonds is 6. The van der Waals surface area contributed by atoms with Crippen LogP contribution in [0.25, 0.3) is 10.2 Å². The number of para-hydroxylation sites is 1. The van der Waals surface area contributed by atoms with Gasteiger partial charge in [-0.25, -0.2) is 13.8 Å².